The quantitative estimate of drug-likeness (QED) is 0.450. The van der Waals surface area contributed by atoms with Gasteiger partial charge in [0.2, 0.25) is 0 Å². The summed E-state index contributed by atoms with van der Waals surface area (Å²) in [6.07, 6.45) is 7.79. The van der Waals surface area contributed by atoms with Gasteiger partial charge in [-0.05, 0) is 44.6 Å². The summed E-state index contributed by atoms with van der Waals surface area (Å²) in [5.74, 6) is 0.969. The predicted molar refractivity (Wildman–Crippen MR) is 81.0 cm³/mol. The van der Waals surface area contributed by atoms with Gasteiger partial charge < -0.3 is 4.74 Å². The number of nitrogens with one attached hydrogen (secondary N) is 1. The second-order valence-electron chi connectivity index (χ2n) is 5.72. The van der Waals surface area contributed by atoms with Gasteiger partial charge in [0.05, 0.1) is 11.6 Å². The predicted octanol–water partition coefficient (Wildman–Crippen LogP) is 2.03. The number of thioether (sulfide) groups is 1. The van der Waals surface area contributed by atoms with E-state index in [2.05, 4.69) is 15.3 Å². The lowest BCUT2D eigenvalue weighted by molar-refractivity contribution is -0.151. The summed E-state index contributed by atoms with van der Waals surface area (Å²) in [5.41, 5.74) is -0.549. The van der Waals surface area contributed by atoms with Gasteiger partial charge in [0.1, 0.15) is 11.9 Å². The van der Waals surface area contributed by atoms with Gasteiger partial charge in [-0.15, -0.1) is 11.8 Å². The highest BCUT2D eigenvalue weighted by molar-refractivity contribution is 7.99. The number of hydrogen-bond donors (Lipinski definition) is 1. The van der Waals surface area contributed by atoms with Crippen LogP contribution in [-0.4, -0.2) is 39.9 Å². The first-order valence-corrected chi connectivity index (χ1v) is 8.57. The molecular formula is C15H21N3O2S. The number of carbonyl (C=O) groups is 1. The molecule has 21 heavy (non-hydrogen) atoms. The Balaban J connectivity index is 1.74. The second-order valence-corrected chi connectivity index (χ2v) is 6.72. The Labute approximate surface area is 129 Å². The zero-order chi connectivity index (χ0) is 14.7. The first-order chi connectivity index (χ1) is 10.2. The van der Waals surface area contributed by atoms with E-state index in [1.807, 2.05) is 13.0 Å². The molecule has 1 atom stereocenters. The van der Waals surface area contributed by atoms with Crippen molar-refractivity contribution in [3.63, 3.8) is 0 Å². The number of hydrogen-bond acceptors (Lipinski definition) is 6. The maximum atomic E-state index is 12.6. The van der Waals surface area contributed by atoms with E-state index in [-0.39, 0.29) is 5.97 Å². The molecule has 1 aromatic heterocycles. The van der Waals surface area contributed by atoms with Crippen molar-refractivity contribution in [1.29, 1.82) is 0 Å². The average molecular weight is 307 g/mol. The van der Waals surface area contributed by atoms with Crippen molar-refractivity contribution < 1.29 is 9.53 Å². The average Bonchev–Trinajstić information content (AvgIpc) is 3.38. The van der Waals surface area contributed by atoms with E-state index >= 15 is 0 Å². The molecular weight excluding hydrogens is 286 g/mol. The minimum absolute atomic E-state index is 0.0963. The Bertz CT molecular complexity index is 491. The molecule has 1 N–H and O–H groups in total. The molecule has 0 radical (unpaired) electrons. The van der Waals surface area contributed by atoms with E-state index in [1.165, 1.54) is 0 Å². The van der Waals surface area contributed by atoms with Gasteiger partial charge in [-0.2, -0.15) is 0 Å². The molecule has 0 aromatic carbocycles. The topological polar surface area (TPSA) is 64.1 Å². The lowest BCUT2D eigenvalue weighted by Gasteiger charge is -2.32. The monoisotopic (exact) mass is 307 g/mol. The molecule has 0 bridgehead atoms. The van der Waals surface area contributed by atoms with Crippen molar-refractivity contribution in [3.8, 4) is 0 Å². The van der Waals surface area contributed by atoms with Crippen LogP contribution in [0, 0.1) is 5.92 Å². The second kappa shape index (κ2) is 6.32. The molecule has 0 amide bonds. The molecule has 5 nitrogen and oxygen atoms in total. The fourth-order valence-corrected chi connectivity index (χ4v) is 3.63. The van der Waals surface area contributed by atoms with E-state index in [1.54, 1.807) is 24.3 Å². The zero-order valence-corrected chi connectivity index (χ0v) is 13.1. The third-order valence-corrected chi connectivity index (χ3v) is 5.09. The normalized spacial score (nSPS) is 20.8. The Morgan fingerprint density at radius 3 is 2.86 bits per heavy atom. The summed E-state index contributed by atoms with van der Waals surface area (Å²) >= 11 is 1.61. The molecule has 0 aliphatic heterocycles. The molecule has 0 spiro atoms. The van der Waals surface area contributed by atoms with Gasteiger partial charge in [-0.1, -0.05) is 0 Å². The standard InChI is InChI=1S/C15H21N3O2S/c1-2-20-14(19)15(11-3-4-11,18-12-5-6-12)9-21-13-7-8-16-10-17-13/h7-8,10-12,18H,2-6,9H2,1H3. The number of nitrogens with zero attached hydrogens (tertiary/aromatic N) is 2. The van der Waals surface area contributed by atoms with Crippen molar-refractivity contribution in [2.24, 2.45) is 5.92 Å². The van der Waals surface area contributed by atoms with E-state index < -0.39 is 5.54 Å². The van der Waals surface area contributed by atoms with Crippen LogP contribution in [0.15, 0.2) is 23.6 Å². The molecule has 6 heteroatoms. The number of ether oxygens (including phenoxy) is 1. The summed E-state index contributed by atoms with van der Waals surface area (Å²) in [4.78, 5) is 20.8. The minimum atomic E-state index is -0.549. The largest absolute Gasteiger partial charge is 0.465 e. The van der Waals surface area contributed by atoms with Gasteiger partial charge in [-0.25, -0.2) is 9.97 Å². The van der Waals surface area contributed by atoms with Crippen LogP contribution >= 0.6 is 11.8 Å². The molecule has 1 aromatic rings. The maximum Gasteiger partial charge on any atom is 0.327 e. The summed E-state index contributed by atoms with van der Waals surface area (Å²) in [6.45, 7) is 2.29. The van der Waals surface area contributed by atoms with Crippen LogP contribution in [0.4, 0.5) is 0 Å². The molecule has 1 unspecified atom stereocenters. The summed E-state index contributed by atoms with van der Waals surface area (Å²) in [6, 6.07) is 2.35. The lowest BCUT2D eigenvalue weighted by atomic mass is 9.95. The molecule has 2 saturated carbocycles. The Hall–Kier alpha value is -1.14. The number of rotatable bonds is 8. The Morgan fingerprint density at radius 2 is 2.29 bits per heavy atom. The zero-order valence-electron chi connectivity index (χ0n) is 12.2. The van der Waals surface area contributed by atoms with Gasteiger partial charge in [0.15, 0.2) is 0 Å². The van der Waals surface area contributed by atoms with E-state index in [0.717, 1.165) is 30.7 Å². The lowest BCUT2D eigenvalue weighted by Crippen LogP contribution is -2.58. The third kappa shape index (κ3) is 3.55. The summed E-state index contributed by atoms with van der Waals surface area (Å²) in [7, 11) is 0. The summed E-state index contributed by atoms with van der Waals surface area (Å²) < 4.78 is 5.38. The van der Waals surface area contributed by atoms with Gasteiger partial charge in [0, 0.05) is 18.0 Å². The molecule has 2 fully saturated rings. The smallest absolute Gasteiger partial charge is 0.327 e. The molecule has 1 heterocycles. The maximum absolute atomic E-state index is 12.6. The molecule has 0 saturated heterocycles. The fraction of sp³-hybridized carbons (Fsp3) is 0.667. The third-order valence-electron chi connectivity index (χ3n) is 3.96. The molecule has 2 aliphatic carbocycles. The van der Waals surface area contributed by atoms with E-state index in [4.69, 9.17) is 4.74 Å². The van der Waals surface area contributed by atoms with Crippen LogP contribution in [0.5, 0.6) is 0 Å². The fourth-order valence-electron chi connectivity index (χ4n) is 2.54. The van der Waals surface area contributed by atoms with Crippen LogP contribution in [0.1, 0.15) is 32.6 Å². The van der Waals surface area contributed by atoms with Crippen molar-refractivity contribution in [2.75, 3.05) is 12.4 Å². The minimum Gasteiger partial charge on any atom is -0.465 e. The first-order valence-electron chi connectivity index (χ1n) is 7.58. The van der Waals surface area contributed by atoms with Crippen LogP contribution in [0.3, 0.4) is 0 Å². The van der Waals surface area contributed by atoms with Crippen molar-refractivity contribution in [1.82, 2.24) is 15.3 Å². The van der Waals surface area contributed by atoms with E-state index in [0.29, 0.717) is 24.3 Å². The highest BCUT2D eigenvalue weighted by atomic mass is 32.2. The van der Waals surface area contributed by atoms with Gasteiger partial charge in [0.25, 0.3) is 0 Å². The highest BCUT2D eigenvalue weighted by Gasteiger charge is 2.53. The van der Waals surface area contributed by atoms with Crippen molar-refractivity contribution in [3.05, 3.63) is 18.6 Å². The molecule has 3 rings (SSSR count). The number of carbonyl (C=O) groups excluding carboxylic acids is 1. The van der Waals surface area contributed by atoms with Crippen LogP contribution in [0.25, 0.3) is 0 Å². The number of aromatic nitrogens is 2. The Morgan fingerprint density at radius 1 is 1.48 bits per heavy atom. The van der Waals surface area contributed by atoms with E-state index in [9.17, 15) is 4.79 Å². The first kappa shape index (κ1) is 14.8. The van der Waals surface area contributed by atoms with Crippen LogP contribution < -0.4 is 5.32 Å². The van der Waals surface area contributed by atoms with Crippen molar-refractivity contribution >= 4 is 17.7 Å². The number of esters is 1. The van der Waals surface area contributed by atoms with Gasteiger partial charge in [-0.3, -0.25) is 10.1 Å². The molecule has 2 aliphatic rings. The molecule has 114 valence electrons. The van der Waals surface area contributed by atoms with Crippen molar-refractivity contribution in [2.45, 2.75) is 49.2 Å². The van der Waals surface area contributed by atoms with Gasteiger partial charge >= 0.3 is 5.97 Å². The SMILES string of the molecule is CCOC(=O)C(CSc1ccncn1)(NC1CC1)C1CC1. The van der Waals surface area contributed by atoms with Crippen LogP contribution in [0.2, 0.25) is 0 Å². The van der Waals surface area contributed by atoms with Crippen LogP contribution in [-0.2, 0) is 9.53 Å². The summed E-state index contributed by atoms with van der Waals surface area (Å²) in [5, 5.41) is 4.48. The Kier molecular flexibility index (Phi) is 4.45. The highest BCUT2D eigenvalue weighted by Crippen LogP contribution is 2.44.